The van der Waals surface area contributed by atoms with Crippen molar-refractivity contribution in [1.29, 1.82) is 0 Å². The highest BCUT2D eigenvalue weighted by atomic mass is 16.4. The molecule has 0 spiro atoms. The van der Waals surface area contributed by atoms with E-state index in [0.29, 0.717) is 25.6 Å². The van der Waals surface area contributed by atoms with Gasteiger partial charge in [-0.3, -0.25) is 0 Å². The fraction of sp³-hybridized carbons (Fsp3) is 0.846. The van der Waals surface area contributed by atoms with Gasteiger partial charge in [-0.25, -0.2) is 9.59 Å². The first-order chi connectivity index (χ1) is 8.80. The van der Waals surface area contributed by atoms with Gasteiger partial charge < -0.3 is 20.2 Å². The van der Waals surface area contributed by atoms with Crippen LogP contribution in [0.1, 0.15) is 33.1 Å². The molecule has 110 valence electrons. The molecule has 1 atom stereocenters. The minimum atomic E-state index is -1.19. The van der Waals surface area contributed by atoms with Crippen LogP contribution in [0.15, 0.2) is 0 Å². The monoisotopic (exact) mass is 271 g/mol. The topological polar surface area (TPSA) is 72.9 Å². The van der Waals surface area contributed by atoms with Crippen molar-refractivity contribution in [3.8, 4) is 0 Å². The zero-order valence-electron chi connectivity index (χ0n) is 12.3. The van der Waals surface area contributed by atoms with E-state index in [2.05, 4.69) is 10.2 Å². The molecule has 2 N–H and O–H groups in total. The number of rotatable bonds is 4. The van der Waals surface area contributed by atoms with Gasteiger partial charge in [0.2, 0.25) is 0 Å². The van der Waals surface area contributed by atoms with Gasteiger partial charge in [-0.15, -0.1) is 0 Å². The molecule has 0 bridgehead atoms. The van der Waals surface area contributed by atoms with Crippen molar-refractivity contribution in [2.45, 2.75) is 44.7 Å². The van der Waals surface area contributed by atoms with Crippen molar-refractivity contribution in [3.63, 3.8) is 0 Å². The molecular formula is C13H25N3O3. The highest BCUT2D eigenvalue weighted by Gasteiger charge is 2.35. The van der Waals surface area contributed by atoms with E-state index in [1.54, 1.807) is 18.7 Å². The molecule has 1 unspecified atom stereocenters. The molecule has 0 radical (unpaired) electrons. The number of nitrogens with one attached hydrogen (secondary N) is 1. The van der Waals surface area contributed by atoms with E-state index in [0.717, 1.165) is 12.8 Å². The number of carbonyl (C=O) groups is 2. The number of carboxylic acids is 1. The summed E-state index contributed by atoms with van der Waals surface area (Å²) in [5, 5.41) is 11.8. The molecule has 1 saturated heterocycles. The quantitative estimate of drug-likeness (QED) is 0.799. The number of hydrogen-bond acceptors (Lipinski definition) is 3. The Morgan fingerprint density at radius 2 is 1.89 bits per heavy atom. The number of aliphatic carboxylic acids is 1. The zero-order valence-corrected chi connectivity index (χ0v) is 12.3. The summed E-state index contributed by atoms with van der Waals surface area (Å²) in [6.07, 6.45) is 2.22. The van der Waals surface area contributed by atoms with Gasteiger partial charge in [0.25, 0.3) is 0 Å². The largest absolute Gasteiger partial charge is 0.480 e. The molecule has 0 saturated carbocycles. The van der Waals surface area contributed by atoms with Crippen LogP contribution >= 0.6 is 0 Å². The van der Waals surface area contributed by atoms with Gasteiger partial charge in [-0.2, -0.15) is 0 Å². The lowest BCUT2D eigenvalue weighted by atomic mass is 9.99. The summed E-state index contributed by atoms with van der Waals surface area (Å²) in [7, 11) is 4.08. The SMILES string of the molecule is CCC(C)(NC(=O)N1CCC(N(C)C)CC1)C(=O)O. The van der Waals surface area contributed by atoms with E-state index in [1.807, 2.05) is 14.1 Å². The number of nitrogens with zero attached hydrogens (tertiary/aromatic N) is 2. The second-order valence-corrected chi connectivity index (χ2v) is 5.60. The van der Waals surface area contributed by atoms with Gasteiger partial charge >= 0.3 is 12.0 Å². The molecule has 1 heterocycles. The Labute approximate surface area is 114 Å². The summed E-state index contributed by atoms with van der Waals surface area (Å²) in [6, 6.07) is 0.227. The normalized spacial score (nSPS) is 20.2. The smallest absolute Gasteiger partial charge is 0.329 e. The summed E-state index contributed by atoms with van der Waals surface area (Å²) in [6.45, 7) is 4.65. The van der Waals surface area contributed by atoms with Gasteiger partial charge in [-0.1, -0.05) is 6.92 Å². The molecule has 19 heavy (non-hydrogen) atoms. The van der Waals surface area contributed by atoms with E-state index in [-0.39, 0.29) is 6.03 Å². The van der Waals surface area contributed by atoms with Crippen LogP contribution in [0.3, 0.4) is 0 Å². The number of carbonyl (C=O) groups excluding carboxylic acids is 1. The van der Waals surface area contributed by atoms with Crippen molar-refractivity contribution < 1.29 is 14.7 Å². The number of urea groups is 1. The van der Waals surface area contributed by atoms with Crippen molar-refractivity contribution >= 4 is 12.0 Å². The summed E-state index contributed by atoms with van der Waals surface area (Å²) in [5.41, 5.74) is -1.19. The average Bonchev–Trinajstić information content (AvgIpc) is 2.38. The van der Waals surface area contributed by atoms with Crippen LogP contribution < -0.4 is 5.32 Å². The summed E-state index contributed by atoms with van der Waals surface area (Å²) in [5.74, 6) is -0.994. The highest BCUT2D eigenvalue weighted by Crippen LogP contribution is 2.16. The summed E-state index contributed by atoms with van der Waals surface area (Å²) < 4.78 is 0. The van der Waals surface area contributed by atoms with Gasteiger partial charge in [0.05, 0.1) is 0 Å². The lowest BCUT2D eigenvalue weighted by Gasteiger charge is -2.37. The van der Waals surface area contributed by atoms with Gasteiger partial charge in [0.15, 0.2) is 0 Å². The molecule has 1 fully saturated rings. The van der Waals surface area contributed by atoms with Crippen LogP contribution in [0.2, 0.25) is 0 Å². The standard InChI is InChI=1S/C13H25N3O3/c1-5-13(2,11(17)18)14-12(19)16-8-6-10(7-9-16)15(3)4/h10H,5-9H2,1-4H3,(H,14,19)(H,17,18). The van der Waals surface area contributed by atoms with E-state index in [1.165, 1.54) is 0 Å². The third-order valence-electron chi connectivity index (χ3n) is 4.04. The predicted molar refractivity (Wildman–Crippen MR) is 73.1 cm³/mol. The lowest BCUT2D eigenvalue weighted by molar-refractivity contribution is -0.143. The molecule has 2 amide bonds. The van der Waals surface area contributed by atoms with Crippen molar-refractivity contribution in [1.82, 2.24) is 15.1 Å². The zero-order chi connectivity index (χ0) is 14.6. The Morgan fingerprint density at radius 3 is 2.26 bits per heavy atom. The molecule has 0 aromatic carbocycles. The third kappa shape index (κ3) is 3.83. The van der Waals surface area contributed by atoms with E-state index >= 15 is 0 Å². The first kappa shape index (κ1) is 15.8. The molecular weight excluding hydrogens is 246 g/mol. The fourth-order valence-corrected chi connectivity index (χ4v) is 2.19. The third-order valence-corrected chi connectivity index (χ3v) is 4.04. The van der Waals surface area contributed by atoms with Gasteiger partial charge in [0.1, 0.15) is 5.54 Å². The molecule has 0 aromatic heterocycles. The van der Waals surface area contributed by atoms with Crippen LogP contribution in [0.25, 0.3) is 0 Å². The summed E-state index contributed by atoms with van der Waals surface area (Å²) >= 11 is 0. The van der Waals surface area contributed by atoms with Crippen LogP contribution in [0, 0.1) is 0 Å². The highest BCUT2D eigenvalue weighted by molar-refractivity contribution is 5.85. The maximum atomic E-state index is 12.1. The Balaban J connectivity index is 2.54. The number of carboxylic acid groups (broad SMARTS) is 1. The molecule has 1 rings (SSSR count). The molecule has 6 nitrogen and oxygen atoms in total. The maximum Gasteiger partial charge on any atom is 0.329 e. The minimum Gasteiger partial charge on any atom is -0.480 e. The Hall–Kier alpha value is -1.30. The Morgan fingerprint density at radius 1 is 1.37 bits per heavy atom. The Bertz CT molecular complexity index is 338. The summed E-state index contributed by atoms with van der Waals surface area (Å²) in [4.78, 5) is 27.1. The number of hydrogen-bond donors (Lipinski definition) is 2. The number of amides is 2. The maximum absolute atomic E-state index is 12.1. The minimum absolute atomic E-state index is 0.274. The first-order valence-electron chi connectivity index (χ1n) is 6.77. The van der Waals surface area contributed by atoms with Gasteiger partial charge in [-0.05, 0) is 40.3 Å². The molecule has 1 aliphatic rings. The molecule has 6 heteroatoms. The van der Waals surface area contributed by atoms with E-state index < -0.39 is 11.5 Å². The number of piperidine rings is 1. The van der Waals surface area contributed by atoms with Crippen molar-refractivity contribution in [2.75, 3.05) is 27.2 Å². The molecule has 1 aliphatic heterocycles. The van der Waals surface area contributed by atoms with Crippen LogP contribution in [0.5, 0.6) is 0 Å². The molecule has 0 aromatic rings. The van der Waals surface area contributed by atoms with Crippen LogP contribution in [0.4, 0.5) is 4.79 Å². The second-order valence-electron chi connectivity index (χ2n) is 5.60. The first-order valence-corrected chi connectivity index (χ1v) is 6.77. The van der Waals surface area contributed by atoms with Gasteiger partial charge in [0, 0.05) is 19.1 Å². The predicted octanol–water partition coefficient (Wildman–Crippen LogP) is 0.975. The average molecular weight is 271 g/mol. The second kappa shape index (κ2) is 6.23. The van der Waals surface area contributed by atoms with Crippen molar-refractivity contribution in [2.24, 2.45) is 0 Å². The van der Waals surface area contributed by atoms with Crippen molar-refractivity contribution in [3.05, 3.63) is 0 Å². The lowest BCUT2D eigenvalue weighted by Crippen LogP contribution is -2.57. The number of likely N-dealkylation sites (tertiary alicyclic amines) is 1. The van der Waals surface area contributed by atoms with Crippen LogP contribution in [-0.2, 0) is 4.79 Å². The van der Waals surface area contributed by atoms with E-state index in [9.17, 15) is 9.59 Å². The fourth-order valence-electron chi connectivity index (χ4n) is 2.19. The van der Waals surface area contributed by atoms with E-state index in [4.69, 9.17) is 5.11 Å². The molecule has 0 aliphatic carbocycles. The Kier molecular flexibility index (Phi) is 5.17. The van der Waals surface area contributed by atoms with Crippen LogP contribution in [-0.4, -0.2) is 65.7 Å².